The first-order chi connectivity index (χ1) is 9.72. The van der Waals surface area contributed by atoms with Gasteiger partial charge in [0.2, 0.25) is 5.88 Å². The van der Waals surface area contributed by atoms with E-state index in [2.05, 4.69) is 14.9 Å². The van der Waals surface area contributed by atoms with Crippen molar-refractivity contribution < 1.29 is 4.74 Å². The van der Waals surface area contributed by atoms with Gasteiger partial charge in [-0.05, 0) is 18.2 Å². The van der Waals surface area contributed by atoms with Crippen molar-refractivity contribution in [2.24, 2.45) is 0 Å². The summed E-state index contributed by atoms with van der Waals surface area (Å²) in [5, 5.41) is 0.951. The zero-order chi connectivity index (χ0) is 13.9. The largest absolute Gasteiger partial charge is 0.471 e. The Bertz CT molecular complexity index is 594. The minimum atomic E-state index is 0.0781. The topological polar surface area (TPSA) is 38.2 Å². The van der Waals surface area contributed by atoms with E-state index in [0.29, 0.717) is 15.9 Å². The van der Waals surface area contributed by atoms with E-state index in [1.165, 1.54) is 0 Å². The zero-order valence-electron chi connectivity index (χ0n) is 10.7. The van der Waals surface area contributed by atoms with Crippen molar-refractivity contribution >= 4 is 28.9 Å². The second kappa shape index (κ2) is 5.85. The minimum absolute atomic E-state index is 0.0781. The Morgan fingerprint density at radius 3 is 2.80 bits per heavy atom. The maximum Gasteiger partial charge on any atom is 0.232 e. The van der Waals surface area contributed by atoms with Crippen LogP contribution in [0.1, 0.15) is 6.42 Å². The van der Waals surface area contributed by atoms with E-state index in [1.807, 2.05) is 12.1 Å². The van der Waals surface area contributed by atoms with E-state index >= 15 is 0 Å². The number of halogens is 2. The molecule has 4 nitrogen and oxygen atoms in total. The summed E-state index contributed by atoms with van der Waals surface area (Å²) in [6.07, 6.45) is 6.14. The Morgan fingerprint density at radius 2 is 2.05 bits per heavy atom. The number of hydrogen-bond acceptors (Lipinski definition) is 4. The molecule has 0 bridgehead atoms. The van der Waals surface area contributed by atoms with E-state index in [-0.39, 0.29) is 6.10 Å². The molecule has 3 heterocycles. The van der Waals surface area contributed by atoms with Crippen LogP contribution in [0.2, 0.25) is 10.0 Å². The van der Waals surface area contributed by atoms with Gasteiger partial charge >= 0.3 is 0 Å². The summed E-state index contributed by atoms with van der Waals surface area (Å²) in [6.45, 7) is 1.75. The van der Waals surface area contributed by atoms with E-state index in [1.54, 1.807) is 24.7 Å². The second-order valence-corrected chi connectivity index (χ2v) is 5.46. The van der Waals surface area contributed by atoms with Gasteiger partial charge in [0.1, 0.15) is 11.1 Å². The first-order valence-electron chi connectivity index (χ1n) is 6.35. The highest BCUT2D eigenvalue weighted by atomic mass is 35.5. The summed E-state index contributed by atoms with van der Waals surface area (Å²) in [7, 11) is 0. The number of aromatic nitrogens is 2. The molecule has 0 N–H and O–H groups in total. The van der Waals surface area contributed by atoms with Crippen LogP contribution in [0.4, 0.5) is 5.69 Å². The van der Waals surface area contributed by atoms with Gasteiger partial charge in [-0.2, -0.15) is 0 Å². The van der Waals surface area contributed by atoms with Crippen LogP contribution in [-0.4, -0.2) is 29.2 Å². The van der Waals surface area contributed by atoms with Crippen molar-refractivity contribution in [3.05, 3.63) is 46.8 Å². The predicted octanol–water partition coefficient (Wildman–Crippen LogP) is 3.44. The Morgan fingerprint density at radius 1 is 1.25 bits per heavy atom. The average Bonchev–Trinajstić information content (AvgIpc) is 2.92. The molecule has 2 aromatic heterocycles. The van der Waals surface area contributed by atoms with Crippen molar-refractivity contribution in [2.45, 2.75) is 12.5 Å². The molecule has 20 heavy (non-hydrogen) atoms. The highest BCUT2D eigenvalue weighted by Crippen LogP contribution is 2.28. The summed E-state index contributed by atoms with van der Waals surface area (Å²) >= 11 is 11.9. The van der Waals surface area contributed by atoms with Crippen LogP contribution in [-0.2, 0) is 0 Å². The molecule has 1 atom stereocenters. The van der Waals surface area contributed by atoms with E-state index in [4.69, 9.17) is 27.9 Å². The summed E-state index contributed by atoms with van der Waals surface area (Å²) in [5.74, 6) is 0.442. The normalized spacial score (nSPS) is 18.3. The van der Waals surface area contributed by atoms with Crippen molar-refractivity contribution in [3.8, 4) is 5.88 Å². The van der Waals surface area contributed by atoms with Crippen molar-refractivity contribution in [1.29, 1.82) is 0 Å². The molecule has 0 amide bonds. The molecule has 0 spiro atoms. The number of pyridine rings is 2. The molecule has 104 valence electrons. The summed E-state index contributed by atoms with van der Waals surface area (Å²) < 4.78 is 5.85. The minimum Gasteiger partial charge on any atom is -0.471 e. The molecule has 1 saturated heterocycles. The van der Waals surface area contributed by atoms with Gasteiger partial charge in [-0.25, -0.2) is 4.98 Å². The lowest BCUT2D eigenvalue weighted by Crippen LogP contribution is -2.24. The lowest BCUT2D eigenvalue weighted by atomic mass is 10.3. The molecular weight excluding hydrogens is 297 g/mol. The first-order valence-corrected chi connectivity index (χ1v) is 7.10. The highest BCUT2D eigenvalue weighted by molar-refractivity contribution is 6.35. The van der Waals surface area contributed by atoms with Gasteiger partial charge in [0, 0.05) is 37.2 Å². The third-order valence-corrected chi connectivity index (χ3v) is 3.70. The average molecular weight is 310 g/mol. The zero-order valence-corrected chi connectivity index (χ0v) is 12.2. The predicted molar refractivity (Wildman–Crippen MR) is 79.7 cm³/mol. The number of anilines is 1. The van der Waals surface area contributed by atoms with Crippen molar-refractivity contribution in [1.82, 2.24) is 9.97 Å². The fourth-order valence-electron chi connectivity index (χ4n) is 2.26. The van der Waals surface area contributed by atoms with Gasteiger partial charge in [0.05, 0.1) is 11.6 Å². The molecule has 0 radical (unpaired) electrons. The molecule has 0 saturated carbocycles. The molecule has 3 rings (SSSR count). The molecule has 1 aliphatic heterocycles. The van der Waals surface area contributed by atoms with Crippen LogP contribution in [0.3, 0.4) is 0 Å². The number of ether oxygens (including phenoxy) is 1. The van der Waals surface area contributed by atoms with Crippen LogP contribution in [0, 0.1) is 0 Å². The molecule has 6 heteroatoms. The molecule has 0 aliphatic carbocycles. The summed E-state index contributed by atoms with van der Waals surface area (Å²) in [4.78, 5) is 10.4. The third-order valence-electron chi connectivity index (χ3n) is 3.23. The fourth-order valence-corrected chi connectivity index (χ4v) is 2.69. The monoisotopic (exact) mass is 309 g/mol. The van der Waals surface area contributed by atoms with Gasteiger partial charge in [-0.3, -0.25) is 4.98 Å². The lowest BCUT2D eigenvalue weighted by Gasteiger charge is -2.18. The number of hydrogen-bond donors (Lipinski definition) is 0. The van der Waals surface area contributed by atoms with E-state index in [0.717, 1.165) is 25.2 Å². The van der Waals surface area contributed by atoms with Crippen LogP contribution in [0.25, 0.3) is 0 Å². The molecule has 0 aromatic carbocycles. The fraction of sp³-hybridized carbons (Fsp3) is 0.286. The van der Waals surface area contributed by atoms with E-state index < -0.39 is 0 Å². The Kier molecular flexibility index (Phi) is 3.94. The standard InChI is InChI=1S/C14H13Cl2N3O/c15-10-7-13(16)14(18-8-10)20-12-3-6-19(9-12)11-1-4-17-5-2-11/h1-2,4-5,7-8,12H,3,6,9H2/t12-/m1/s1. The SMILES string of the molecule is Clc1cnc(O[C@@H]2CCN(c3ccncc3)C2)c(Cl)c1. The first kappa shape index (κ1) is 13.5. The maximum atomic E-state index is 6.07. The quantitative estimate of drug-likeness (QED) is 0.870. The summed E-state index contributed by atoms with van der Waals surface area (Å²) in [5.41, 5.74) is 1.15. The molecule has 1 aliphatic rings. The Hall–Kier alpha value is -1.52. The van der Waals surface area contributed by atoms with E-state index in [9.17, 15) is 0 Å². The highest BCUT2D eigenvalue weighted by Gasteiger charge is 2.25. The molecule has 0 unspecified atom stereocenters. The van der Waals surface area contributed by atoms with Crippen LogP contribution in [0.5, 0.6) is 5.88 Å². The van der Waals surface area contributed by atoms with Crippen LogP contribution < -0.4 is 9.64 Å². The second-order valence-electron chi connectivity index (χ2n) is 4.62. The maximum absolute atomic E-state index is 6.07. The molecular formula is C14H13Cl2N3O. The van der Waals surface area contributed by atoms with Crippen molar-refractivity contribution in [2.75, 3.05) is 18.0 Å². The summed E-state index contributed by atoms with van der Waals surface area (Å²) in [6, 6.07) is 5.63. The van der Waals surface area contributed by atoms with Gasteiger partial charge in [0.25, 0.3) is 0 Å². The van der Waals surface area contributed by atoms with Crippen molar-refractivity contribution in [3.63, 3.8) is 0 Å². The van der Waals surface area contributed by atoms with Crippen LogP contribution >= 0.6 is 23.2 Å². The Labute approximate surface area is 127 Å². The lowest BCUT2D eigenvalue weighted by molar-refractivity contribution is 0.216. The third kappa shape index (κ3) is 2.97. The van der Waals surface area contributed by atoms with Gasteiger partial charge in [0.15, 0.2) is 0 Å². The molecule has 2 aromatic rings. The molecule has 1 fully saturated rings. The van der Waals surface area contributed by atoms with Crippen LogP contribution in [0.15, 0.2) is 36.8 Å². The van der Waals surface area contributed by atoms with Gasteiger partial charge in [-0.1, -0.05) is 23.2 Å². The number of rotatable bonds is 3. The smallest absolute Gasteiger partial charge is 0.232 e. The number of nitrogens with zero attached hydrogens (tertiary/aromatic N) is 3. The Balaban J connectivity index is 1.66. The van der Waals surface area contributed by atoms with Gasteiger partial charge in [-0.15, -0.1) is 0 Å². The van der Waals surface area contributed by atoms with Gasteiger partial charge < -0.3 is 9.64 Å².